The molecule has 19 heavy (non-hydrogen) atoms. The fraction of sp³-hybridized carbons (Fsp3) is 0.333. The van der Waals surface area contributed by atoms with E-state index in [9.17, 15) is 9.59 Å². The van der Waals surface area contributed by atoms with Gasteiger partial charge in [-0.3, -0.25) is 0 Å². The molecule has 0 aliphatic heterocycles. The first kappa shape index (κ1) is 15.8. The molecule has 7 heteroatoms. The maximum Gasteiger partial charge on any atom is 0.335 e. The van der Waals surface area contributed by atoms with E-state index in [1.165, 1.54) is 12.1 Å². The van der Waals surface area contributed by atoms with E-state index < -0.39 is 5.97 Å². The number of amides is 2. The second-order valence-electron chi connectivity index (χ2n) is 3.88. The molecule has 5 nitrogen and oxygen atoms in total. The van der Waals surface area contributed by atoms with Crippen molar-refractivity contribution in [1.29, 1.82) is 0 Å². The van der Waals surface area contributed by atoms with E-state index in [0.717, 1.165) is 0 Å². The number of hydrogen-bond donors (Lipinski definition) is 3. The molecule has 0 aliphatic rings. The number of aromatic carboxylic acids is 1. The molecule has 1 rings (SSSR count). The molecule has 1 aromatic carbocycles. The zero-order valence-corrected chi connectivity index (χ0v) is 13.0. The molecule has 104 valence electrons. The highest BCUT2D eigenvalue weighted by Gasteiger charge is 2.09. The molecule has 3 N–H and O–H groups in total. The van der Waals surface area contributed by atoms with Gasteiger partial charge < -0.3 is 15.7 Å². The summed E-state index contributed by atoms with van der Waals surface area (Å²) < 4.78 is 0.528. The molecule has 0 heterocycles. The molecule has 0 aromatic heterocycles. The van der Waals surface area contributed by atoms with Crippen LogP contribution in [0.25, 0.3) is 0 Å². The van der Waals surface area contributed by atoms with Crippen molar-refractivity contribution in [2.24, 2.45) is 0 Å². The molecular formula is C12H15BrN2O3S. The molecule has 1 atom stereocenters. The van der Waals surface area contributed by atoms with Gasteiger partial charge in [0.1, 0.15) is 0 Å². The predicted octanol–water partition coefficient (Wildman–Crippen LogP) is 3.02. The van der Waals surface area contributed by atoms with Crippen LogP contribution in [-0.2, 0) is 0 Å². The zero-order chi connectivity index (χ0) is 14.4. The monoisotopic (exact) mass is 346 g/mol. The first-order valence-electron chi connectivity index (χ1n) is 5.54. The SMILES string of the molecule is CSC(C)CNC(=O)Nc1ccc(C(=O)O)cc1Br. The maximum absolute atomic E-state index is 11.6. The third-order valence-corrected chi connectivity index (χ3v) is 4.04. The van der Waals surface area contributed by atoms with E-state index in [1.54, 1.807) is 17.8 Å². The largest absolute Gasteiger partial charge is 0.478 e. The first-order chi connectivity index (χ1) is 8.93. The van der Waals surface area contributed by atoms with Gasteiger partial charge in [-0.2, -0.15) is 11.8 Å². The summed E-state index contributed by atoms with van der Waals surface area (Å²) in [6.07, 6.45) is 1.98. The van der Waals surface area contributed by atoms with Crippen LogP contribution in [0.1, 0.15) is 17.3 Å². The van der Waals surface area contributed by atoms with Gasteiger partial charge in [0.15, 0.2) is 0 Å². The van der Waals surface area contributed by atoms with Gasteiger partial charge in [-0.1, -0.05) is 6.92 Å². The Labute approximate surface area is 124 Å². The third-order valence-electron chi connectivity index (χ3n) is 2.42. The van der Waals surface area contributed by atoms with Crippen LogP contribution in [-0.4, -0.2) is 35.2 Å². The molecule has 0 fully saturated rings. The Morgan fingerprint density at radius 1 is 1.47 bits per heavy atom. The molecule has 0 saturated carbocycles. The maximum atomic E-state index is 11.6. The number of halogens is 1. The van der Waals surface area contributed by atoms with Crippen LogP contribution < -0.4 is 10.6 Å². The number of urea groups is 1. The van der Waals surface area contributed by atoms with Gasteiger partial charge in [-0.05, 0) is 40.4 Å². The van der Waals surface area contributed by atoms with Crippen molar-refractivity contribution in [3.8, 4) is 0 Å². The van der Waals surface area contributed by atoms with Gasteiger partial charge in [0.2, 0.25) is 0 Å². The second kappa shape index (κ2) is 7.40. The van der Waals surface area contributed by atoms with Crippen LogP contribution in [0.15, 0.2) is 22.7 Å². The molecule has 0 aliphatic carbocycles. The van der Waals surface area contributed by atoms with Crippen molar-refractivity contribution in [3.63, 3.8) is 0 Å². The van der Waals surface area contributed by atoms with Crippen LogP contribution in [0.3, 0.4) is 0 Å². The number of thioether (sulfide) groups is 1. The average molecular weight is 347 g/mol. The highest BCUT2D eigenvalue weighted by molar-refractivity contribution is 9.10. The van der Waals surface area contributed by atoms with Gasteiger partial charge >= 0.3 is 12.0 Å². The molecule has 0 radical (unpaired) electrons. The van der Waals surface area contributed by atoms with Gasteiger partial charge in [-0.15, -0.1) is 0 Å². The summed E-state index contributed by atoms with van der Waals surface area (Å²) >= 11 is 4.89. The van der Waals surface area contributed by atoms with Crippen LogP contribution in [0.2, 0.25) is 0 Å². The summed E-state index contributed by atoms with van der Waals surface area (Å²) in [7, 11) is 0. The molecule has 2 amide bonds. The summed E-state index contributed by atoms with van der Waals surface area (Å²) in [6.45, 7) is 2.58. The number of nitrogens with one attached hydrogen (secondary N) is 2. The number of hydrogen-bond acceptors (Lipinski definition) is 3. The van der Waals surface area contributed by atoms with Crippen molar-refractivity contribution in [2.75, 3.05) is 18.1 Å². The van der Waals surface area contributed by atoms with E-state index in [4.69, 9.17) is 5.11 Å². The van der Waals surface area contributed by atoms with E-state index >= 15 is 0 Å². The number of benzene rings is 1. The molecule has 0 bridgehead atoms. The molecule has 0 saturated heterocycles. The molecular weight excluding hydrogens is 332 g/mol. The summed E-state index contributed by atoms with van der Waals surface area (Å²) in [5.41, 5.74) is 0.688. The highest BCUT2D eigenvalue weighted by atomic mass is 79.9. The average Bonchev–Trinajstić information content (AvgIpc) is 2.38. The Morgan fingerprint density at radius 3 is 2.68 bits per heavy atom. The fourth-order valence-corrected chi connectivity index (χ4v) is 1.96. The zero-order valence-electron chi connectivity index (χ0n) is 10.6. The Morgan fingerprint density at radius 2 is 2.16 bits per heavy atom. The number of rotatable bonds is 5. The number of anilines is 1. The highest BCUT2D eigenvalue weighted by Crippen LogP contribution is 2.23. The second-order valence-corrected chi connectivity index (χ2v) is 6.01. The quantitative estimate of drug-likeness (QED) is 0.765. The standard InChI is InChI=1S/C12H15BrN2O3S/c1-7(19-2)6-14-12(18)15-10-4-3-8(11(16)17)5-9(10)13/h3-5,7H,6H2,1-2H3,(H,16,17)(H2,14,15,18). The lowest BCUT2D eigenvalue weighted by molar-refractivity contribution is 0.0697. The minimum Gasteiger partial charge on any atom is -0.478 e. The lowest BCUT2D eigenvalue weighted by Crippen LogP contribution is -2.33. The van der Waals surface area contributed by atoms with Crippen molar-refractivity contribution < 1.29 is 14.7 Å². The third kappa shape index (κ3) is 5.12. The minimum absolute atomic E-state index is 0.161. The number of carboxylic acids is 1. The number of carboxylic acid groups (broad SMARTS) is 1. The Bertz CT molecular complexity index is 482. The topological polar surface area (TPSA) is 78.4 Å². The van der Waals surface area contributed by atoms with Crippen molar-refractivity contribution in [2.45, 2.75) is 12.2 Å². The first-order valence-corrected chi connectivity index (χ1v) is 7.62. The molecule has 1 aromatic rings. The van der Waals surface area contributed by atoms with Gasteiger partial charge in [0.25, 0.3) is 0 Å². The van der Waals surface area contributed by atoms with Crippen LogP contribution in [0, 0.1) is 0 Å². The number of carbonyl (C=O) groups excluding carboxylic acids is 1. The van der Waals surface area contributed by atoms with E-state index in [1.807, 2.05) is 13.2 Å². The van der Waals surface area contributed by atoms with E-state index in [-0.39, 0.29) is 11.6 Å². The Hall–Kier alpha value is -1.21. The molecule has 0 spiro atoms. The van der Waals surface area contributed by atoms with Crippen LogP contribution >= 0.6 is 27.7 Å². The summed E-state index contributed by atoms with van der Waals surface area (Å²) in [5.74, 6) is -1.01. The van der Waals surface area contributed by atoms with Crippen molar-refractivity contribution in [3.05, 3.63) is 28.2 Å². The Kier molecular flexibility index (Phi) is 6.17. The predicted molar refractivity (Wildman–Crippen MR) is 81.1 cm³/mol. The smallest absolute Gasteiger partial charge is 0.335 e. The van der Waals surface area contributed by atoms with Gasteiger partial charge in [-0.25, -0.2) is 9.59 Å². The summed E-state index contributed by atoms with van der Waals surface area (Å²) in [6, 6.07) is 4.12. The summed E-state index contributed by atoms with van der Waals surface area (Å²) in [5, 5.41) is 14.6. The lowest BCUT2D eigenvalue weighted by atomic mass is 10.2. The Balaban J connectivity index is 2.62. The van der Waals surface area contributed by atoms with Crippen molar-refractivity contribution in [1.82, 2.24) is 5.32 Å². The minimum atomic E-state index is -1.01. The summed E-state index contributed by atoms with van der Waals surface area (Å²) in [4.78, 5) is 22.4. The van der Waals surface area contributed by atoms with Gasteiger partial charge in [0.05, 0.1) is 11.3 Å². The lowest BCUT2D eigenvalue weighted by Gasteiger charge is -2.12. The van der Waals surface area contributed by atoms with E-state index in [0.29, 0.717) is 22.0 Å². The molecule has 1 unspecified atom stereocenters. The van der Waals surface area contributed by atoms with Gasteiger partial charge in [0, 0.05) is 16.3 Å². The normalized spacial score (nSPS) is 11.7. The van der Waals surface area contributed by atoms with E-state index in [2.05, 4.69) is 26.6 Å². The van der Waals surface area contributed by atoms with Crippen LogP contribution in [0.4, 0.5) is 10.5 Å². The number of carbonyl (C=O) groups is 2. The fourth-order valence-electron chi connectivity index (χ4n) is 1.24. The van der Waals surface area contributed by atoms with Crippen molar-refractivity contribution >= 4 is 45.4 Å². The van der Waals surface area contributed by atoms with Crippen LogP contribution in [0.5, 0.6) is 0 Å².